The van der Waals surface area contributed by atoms with Crippen LogP contribution in [-0.2, 0) is 20.9 Å². The van der Waals surface area contributed by atoms with Gasteiger partial charge in [0, 0.05) is 25.7 Å². The fourth-order valence-electron chi connectivity index (χ4n) is 3.78. The van der Waals surface area contributed by atoms with Crippen LogP contribution in [0.1, 0.15) is 54.1 Å². The number of amides is 3. The van der Waals surface area contributed by atoms with Gasteiger partial charge < -0.3 is 35.7 Å². The zero-order valence-corrected chi connectivity index (χ0v) is 23.8. The number of rotatable bonds is 16. The van der Waals surface area contributed by atoms with E-state index in [1.807, 2.05) is 51.1 Å². The third kappa shape index (κ3) is 11.4. The van der Waals surface area contributed by atoms with Crippen LogP contribution in [0.3, 0.4) is 0 Å². The molecule has 0 radical (unpaired) electrons. The first-order valence-electron chi connectivity index (χ1n) is 13.4. The Balaban J connectivity index is 2.06. The third-order valence-corrected chi connectivity index (χ3v) is 6.04. The molecule has 0 fully saturated rings. The Morgan fingerprint density at radius 1 is 1.15 bits per heavy atom. The highest BCUT2D eigenvalue weighted by Gasteiger charge is 2.26. The van der Waals surface area contributed by atoms with E-state index in [9.17, 15) is 29.5 Å². The smallest absolute Gasteiger partial charge is 0.273 e. The number of aromatic nitrogens is 1. The summed E-state index contributed by atoms with van der Waals surface area (Å²) in [5, 5.41) is 34.2. The standard InChI is InChI=1S/C29H38N6O6/c1-18(2)12-22(14-30)27(38)31-11-5-6-23(28(39)33-15-21-9-7-19(3)8-10-21)32-16-25(26(37)17-36)34-29(40)24-13-20(4)41-35-24/h7-10,12-13,17-18,23,25-26,32,37H,5-6,11,15-16H2,1-4H3,(H,31,38)(H,33,39)(H,34,40)/t23-,25-,26-/m0/s1. The van der Waals surface area contributed by atoms with E-state index in [2.05, 4.69) is 26.4 Å². The predicted molar refractivity (Wildman–Crippen MR) is 150 cm³/mol. The summed E-state index contributed by atoms with van der Waals surface area (Å²) in [6.45, 7) is 7.68. The first kappa shape index (κ1) is 32.9. The number of aldehydes is 1. The molecule has 12 heteroatoms. The molecule has 220 valence electrons. The van der Waals surface area contributed by atoms with Crippen LogP contribution in [0, 0.1) is 31.1 Å². The first-order chi connectivity index (χ1) is 19.5. The quantitative estimate of drug-likeness (QED) is 0.0862. The van der Waals surface area contributed by atoms with E-state index in [4.69, 9.17) is 4.52 Å². The second-order valence-electron chi connectivity index (χ2n) is 10.0. The molecule has 0 aliphatic carbocycles. The van der Waals surface area contributed by atoms with E-state index in [1.54, 1.807) is 13.0 Å². The maximum Gasteiger partial charge on any atom is 0.273 e. The molecule has 1 aromatic heterocycles. The average Bonchev–Trinajstić information content (AvgIpc) is 3.39. The zero-order valence-electron chi connectivity index (χ0n) is 23.8. The van der Waals surface area contributed by atoms with Crippen LogP contribution >= 0.6 is 0 Å². The fraction of sp³-hybridized carbons (Fsp3) is 0.448. The van der Waals surface area contributed by atoms with E-state index < -0.39 is 30.0 Å². The van der Waals surface area contributed by atoms with Gasteiger partial charge in [0.25, 0.3) is 11.8 Å². The van der Waals surface area contributed by atoms with Gasteiger partial charge in [-0.25, -0.2) is 0 Å². The van der Waals surface area contributed by atoms with Gasteiger partial charge in [-0.15, -0.1) is 0 Å². The molecule has 1 heterocycles. The van der Waals surface area contributed by atoms with Gasteiger partial charge in [-0.05, 0) is 38.2 Å². The second kappa shape index (κ2) is 16.7. The van der Waals surface area contributed by atoms with Crippen LogP contribution in [0.15, 0.2) is 46.5 Å². The molecule has 0 unspecified atom stereocenters. The molecule has 1 aromatic carbocycles. The summed E-state index contributed by atoms with van der Waals surface area (Å²) in [5.41, 5.74) is 2.00. The van der Waals surface area contributed by atoms with Gasteiger partial charge in [0.05, 0.1) is 12.1 Å². The molecule has 0 spiro atoms. The molecular weight excluding hydrogens is 528 g/mol. The van der Waals surface area contributed by atoms with Gasteiger partial charge in [-0.2, -0.15) is 5.26 Å². The van der Waals surface area contributed by atoms with Crippen LogP contribution in [-0.4, -0.2) is 65.5 Å². The number of aryl methyl sites for hydroxylation is 2. The van der Waals surface area contributed by atoms with Crippen molar-refractivity contribution < 1.29 is 28.8 Å². The van der Waals surface area contributed by atoms with Crippen molar-refractivity contribution in [1.29, 1.82) is 5.26 Å². The lowest BCUT2D eigenvalue weighted by atomic mass is 10.1. The molecule has 0 aliphatic heterocycles. The molecule has 3 amide bonds. The van der Waals surface area contributed by atoms with E-state index in [1.165, 1.54) is 6.07 Å². The molecule has 12 nitrogen and oxygen atoms in total. The minimum absolute atomic E-state index is 0.0167. The lowest BCUT2D eigenvalue weighted by molar-refractivity contribution is -0.123. The van der Waals surface area contributed by atoms with Crippen molar-refractivity contribution in [2.24, 2.45) is 5.92 Å². The number of carbonyl (C=O) groups is 4. The summed E-state index contributed by atoms with van der Waals surface area (Å²) in [5.74, 6) is -1.04. The SMILES string of the molecule is Cc1ccc(CNC(=O)[C@H](CCCNC(=O)C(C#N)=CC(C)C)NC[C@H](NC(=O)c2cc(C)on2)[C@@H](O)C=O)cc1. The van der Waals surface area contributed by atoms with Crippen LogP contribution in [0.2, 0.25) is 0 Å². The minimum atomic E-state index is -1.55. The number of nitrogens with one attached hydrogen (secondary N) is 4. The highest BCUT2D eigenvalue weighted by atomic mass is 16.5. The number of carbonyl (C=O) groups excluding carboxylic acids is 4. The van der Waals surface area contributed by atoms with Crippen molar-refractivity contribution in [1.82, 2.24) is 26.4 Å². The maximum absolute atomic E-state index is 13.1. The highest BCUT2D eigenvalue weighted by molar-refractivity contribution is 5.97. The molecule has 41 heavy (non-hydrogen) atoms. The molecular formula is C29H38N6O6. The van der Waals surface area contributed by atoms with Gasteiger partial charge >= 0.3 is 0 Å². The number of benzene rings is 1. The van der Waals surface area contributed by atoms with E-state index >= 15 is 0 Å². The number of hydrogen-bond acceptors (Lipinski definition) is 9. The van der Waals surface area contributed by atoms with Gasteiger partial charge in [-0.1, -0.05) is 54.9 Å². The number of nitrogens with zero attached hydrogens (tertiary/aromatic N) is 2. The summed E-state index contributed by atoms with van der Waals surface area (Å²) in [6.07, 6.45) is 0.974. The van der Waals surface area contributed by atoms with Gasteiger partial charge in [0.2, 0.25) is 5.91 Å². The van der Waals surface area contributed by atoms with Gasteiger partial charge in [0.1, 0.15) is 23.5 Å². The molecule has 0 saturated carbocycles. The van der Waals surface area contributed by atoms with Crippen LogP contribution < -0.4 is 21.3 Å². The normalized spacial score (nSPS) is 13.5. The monoisotopic (exact) mass is 566 g/mol. The highest BCUT2D eigenvalue weighted by Crippen LogP contribution is 2.07. The van der Waals surface area contributed by atoms with Crippen LogP contribution in [0.25, 0.3) is 0 Å². The van der Waals surface area contributed by atoms with E-state index in [-0.39, 0.29) is 49.1 Å². The largest absolute Gasteiger partial charge is 0.383 e. The van der Waals surface area contributed by atoms with Gasteiger partial charge in [-0.3, -0.25) is 14.4 Å². The number of hydrogen-bond donors (Lipinski definition) is 5. The van der Waals surface area contributed by atoms with Crippen molar-refractivity contribution in [3.8, 4) is 6.07 Å². The number of allylic oxidation sites excluding steroid dienone is 1. The Bertz CT molecular complexity index is 1250. The second-order valence-corrected chi connectivity index (χ2v) is 10.0. The summed E-state index contributed by atoms with van der Waals surface area (Å²) < 4.78 is 4.90. The first-order valence-corrected chi connectivity index (χ1v) is 13.4. The molecule has 0 aliphatic rings. The molecule has 3 atom stereocenters. The average molecular weight is 567 g/mol. The van der Waals surface area contributed by atoms with E-state index in [0.29, 0.717) is 18.5 Å². The Hall–Kier alpha value is -4.34. The summed E-state index contributed by atoms with van der Waals surface area (Å²) in [6, 6.07) is 9.14. The van der Waals surface area contributed by atoms with Crippen LogP contribution in [0.4, 0.5) is 0 Å². The minimum Gasteiger partial charge on any atom is -0.383 e. The maximum atomic E-state index is 13.1. The summed E-state index contributed by atoms with van der Waals surface area (Å²) in [7, 11) is 0. The Kier molecular flexibility index (Phi) is 13.4. The Labute approximate surface area is 239 Å². The zero-order chi connectivity index (χ0) is 30.4. The lowest BCUT2D eigenvalue weighted by Gasteiger charge is -2.24. The molecule has 2 aromatic rings. The molecule has 0 bridgehead atoms. The molecule has 0 saturated heterocycles. The Morgan fingerprint density at radius 2 is 1.85 bits per heavy atom. The van der Waals surface area contributed by atoms with Gasteiger partial charge in [0.15, 0.2) is 12.0 Å². The van der Waals surface area contributed by atoms with Crippen molar-refractivity contribution in [3.05, 3.63) is 64.6 Å². The molecule has 5 N–H and O–H groups in total. The van der Waals surface area contributed by atoms with E-state index in [0.717, 1.165) is 11.1 Å². The van der Waals surface area contributed by atoms with Crippen LogP contribution in [0.5, 0.6) is 0 Å². The summed E-state index contributed by atoms with van der Waals surface area (Å²) >= 11 is 0. The number of nitriles is 1. The third-order valence-electron chi connectivity index (χ3n) is 6.04. The van der Waals surface area contributed by atoms with Crippen molar-refractivity contribution in [2.45, 2.75) is 65.3 Å². The summed E-state index contributed by atoms with van der Waals surface area (Å²) in [4.78, 5) is 49.3. The number of aliphatic hydroxyl groups is 1. The lowest BCUT2D eigenvalue weighted by Crippen LogP contribution is -2.54. The van der Waals surface area contributed by atoms with Crippen molar-refractivity contribution in [2.75, 3.05) is 13.1 Å². The molecule has 2 rings (SSSR count). The van der Waals surface area contributed by atoms with Crippen molar-refractivity contribution in [3.63, 3.8) is 0 Å². The fourth-order valence-corrected chi connectivity index (χ4v) is 3.78. The predicted octanol–water partition coefficient (Wildman–Crippen LogP) is 1.23. The topological polar surface area (TPSA) is 186 Å². The number of aliphatic hydroxyl groups excluding tert-OH is 1. The Morgan fingerprint density at radius 3 is 2.44 bits per heavy atom. The van der Waals surface area contributed by atoms with Crippen molar-refractivity contribution >= 4 is 24.0 Å².